The SMILES string of the molecule is Cc1cccc(C)c1NC(=O)C1CC1C(=O)Nc1ccc(Cl)cc1Cl. The van der Waals surface area contributed by atoms with Crippen molar-refractivity contribution in [3.63, 3.8) is 0 Å². The molecular weight excluding hydrogens is 359 g/mol. The quantitative estimate of drug-likeness (QED) is 0.802. The maximum Gasteiger partial charge on any atom is 0.228 e. The third-order valence-electron chi connectivity index (χ3n) is 4.38. The number of carbonyl (C=O) groups is 2. The van der Waals surface area contributed by atoms with Gasteiger partial charge in [0, 0.05) is 10.7 Å². The summed E-state index contributed by atoms with van der Waals surface area (Å²) in [5, 5.41) is 6.58. The normalized spacial score (nSPS) is 18.6. The Hall–Kier alpha value is -2.04. The number of aryl methyl sites for hydroxylation is 2. The van der Waals surface area contributed by atoms with Crippen molar-refractivity contribution >= 4 is 46.4 Å². The highest BCUT2D eigenvalue weighted by atomic mass is 35.5. The van der Waals surface area contributed by atoms with Crippen LogP contribution in [0, 0.1) is 25.7 Å². The first-order chi connectivity index (χ1) is 11.9. The van der Waals surface area contributed by atoms with E-state index in [2.05, 4.69) is 10.6 Å². The second-order valence-corrected chi connectivity index (χ2v) is 7.16. The van der Waals surface area contributed by atoms with E-state index < -0.39 is 0 Å². The third-order valence-corrected chi connectivity index (χ3v) is 4.93. The highest BCUT2D eigenvalue weighted by Crippen LogP contribution is 2.41. The first kappa shape index (κ1) is 17.8. The fraction of sp³-hybridized carbons (Fsp3) is 0.263. The molecule has 0 bridgehead atoms. The largest absolute Gasteiger partial charge is 0.325 e. The van der Waals surface area contributed by atoms with Crippen LogP contribution in [0.2, 0.25) is 10.0 Å². The first-order valence-electron chi connectivity index (χ1n) is 8.00. The predicted molar refractivity (Wildman–Crippen MR) is 101 cm³/mol. The molecule has 0 heterocycles. The fourth-order valence-electron chi connectivity index (χ4n) is 2.82. The van der Waals surface area contributed by atoms with Gasteiger partial charge in [0.15, 0.2) is 0 Å². The van der Waals surface area contributed by atoms with Crippen molar-refractivity contribution in [1.29, 1.82) is 0 Å². The molecule has 0 spiro atoms. The second-order valence-electron chi connectivity index (χ2n) is 6.32. The molecule has 0 saturated heterocycles. The summed E-state index contributed by atoms with van der Waals surface area (Å²) in [5.41, 5.74) is 3.32. The molecule has 1 aliphatic rings. The van der Waals surface area contributed by atoms with Crippen molar-refractivity contribution in [2.45, 2.75) is 20.3 Å². The Morgan fingerprint density at radius 1 is 0.960 bits per heavy atom. The topological polar surface area (TPSA) is 58.2 Å². The maximum atomic E-state index is 12.4. The van der Waals surface area contributed by atoms with Gasteiger partial charge < -0.3 is 10.6 Å². The van der Waals surface area contributed by atoms with E-state index in [1.807, 2.05) is 32.0 Å². The molecule has 0 radical (unpaired) electrons. The van der Waals surface area contributed by atoms with E-state index in [0.29, 0.717) is 22.2 Å². The van der Waals surface area contributed by atoms with E-state index >= 15 is 0 Å². The number of hydrogen-bond donors (Lipinski definition) is 2. The molecule has 2 amide bonds. The summed E-state index contributed by atoms with van der Waals surface area (Å²) in [4.78, 5) is 24.8. The van der Waals surface area contributed by atoms with Crippen LogP contribution in [0.3, 0.4) is 0 Å². The van der Waals surface area contributed by atoms with Crippen molar-refractivity contribution in [2.24, 2.45) is 11.8 Å². The zero-order valence-corrected chi connectivity index (χ0v) is 15.4. The Kier molecular flexibility index (Phi) is 5.02. The van der Waals surface area contributed by atoms with Crippen molar-refractivity contribution < 1.29 is 9.59 Å². The van der Waals surface area contributed by atoms with Gasteiger partial charge in [0.1, 0.15) is 0 Å². The molecule has 2 aromatic rings. The van der Waals surface area contributed by atoms with Gasteiger partial charge in [-0.2, -0.15) is 0 Å². The minimum Gasteiger partial charge on any atom is -0.325 e. The number of rotatable bonds is 4. The molecule has 2 N–H and O–H groups in total. The number of hydrogen-bond acceptors (Lipinski definition) is 2. The highest BCUT2D eigenvalue weighted by Gasteiger charge is 2.48. The van der Waals surface area contributed by atoms with E-state index in [1.165, 1.54) is 0 Å². The van der Waals surface area contributed by atoms with Gasteiger partial charge in [0.2, 0.25) is 11.8 Å². The number of carbonyl (C=O) groups excluding carboxylic acids is 2. The van der Waals surface area contributed by atoms with Crippen LogP contribution in [0.5, 0.6) is 0 Å². The number of halogens is 2. The Morgan fingerprint density at radius 3 is 2.16 bits per heavy atom. The molecule has 2 unspecified atom stereocenters. The van der Waals surface area contributed by atoms with Crippen LogP contribution in [-0.2, 0) is 9.59 Å². The smallest absolute Gasteiger partial charge is 0.228 e. The molecule has 1 aliphatic carbocycles. The minimum absolute atomic E-state index is 0.125. The molecule has 2 aromatic carbocycles. The number of anilines is 2. The molecule has 6 heteroatoms. The van der Waals surface area contributed by atoms with Gasteiger partial charge in [0.05, 0.1) is 22.5 Å². The number of para-hydroxylation sites is 1. The lowest BCUT2D eigenvalue weighted by Gasteiger charge is -2.11. The predicted octanol–water partition coefficient (Wildman–Crippen LogP) is 4.82. The van der Waals surface area contributed by atoms with Crippen molar-refractivity contribution in [2.75, 3.05) is 10.6 Å². The van der Waals surface area contributed by atoms with Gasteiger partial charge in [-0.25, -0.2) is 0 Å². The third kappa shape index (κ3) is 3.97. The highest BCUT2D eigenvalue weighted by molar-refractivity contribution is 6.36. The van der Waals surface area contributed by atoms with Crippen LogP contribution in [0.25, 0.3) is 0 Å². The molecule has 4 nitrogen and oxygen atoms in total. The molecule has 1 saturated carbocycles. The summed E-state index contributed by atoms with van der Waals surface area (Å²) < 4.78 is 0. The van der Waals surface area contributed by atoms with Crippen LogP contribution in [0.1, 0.15) is 17.5 Å². The molecule has 0 aromatic heterocycles. The Balaban J connectivity index is 1.62. The standard InChI is InChI=1S/C19H18Cl2N2O2/c1-10-4-3-5-11(2)17(10)23-19(25)14-9-13(14)18(24)22-16-7-6-12(20)8-15(16)21/h3-8,13-14H,9H2,1-2H3,(H,22,24)(H,23,25). The lowest BCUT2D eigenvalue weighted by molar-refractivity contribution is -0.122. The van der Waals surface area contributed by atoms with E-state index in [4.69, 9.17) is 23.2 Å². The monoisotopic (exact) mass is 376 g/mol. The van der Waals surface area contributed by atoms with Gasteiger partial charge >= 0.3 is 0 Å². The van der Waals surface area contributed by atoms with Gasteiger partial charge in [-0.3, -0.25) is 9.59 Å². The summed E-state index contributed by atoms with van der Waals surface area (Å²) in [6, 6.07) is 10.7. The van der Waals surface area contributed by atoms with Gasteiger partial charge in [0.25, 0.3) is 0 Å². The van der Waals surface area contributed by atoms with Crippen LogP contribution < -0.4 is 10.6 Å². The molecule has 2 atom stereocenters. The fourth-order valence-corrected chi connectivity index (χ4v) is 3.27. The molecule has 0 aliphatic heterocycles. The zero-order chi connectivity index (χ0) is 18.1. The Labute approximate surface area is 156 Å². The van der Waals surface area contributed by atoms with Gasteiger partial charge in [-0.05, 0) is 49.6 Å². The number of amides is 2. The number of nitrogens with one attached hydrogen (secondary N) is 2. The Bertz CT molecular complexity index is 831. The Morgan fingerprint density at radius 2 is 1.56 bits per heavy atom. The summed E-state index contributed by atoms with van der Waals surface area (Å²) in [6.07, 6.45) is 0.536. The summed E-state index contributed by atoms with van der Waals surface area (Å²) in [7, 11) is 0. The number of benzene rings is 2. The molecule has 130 valence electrons. The minimum atomic E-state index is -0.337. The molecular formula is C19H18Cl2N2O2. The van der Waals surface area contributed by atoms with Crippen LogP contribution >= 0.6 is 23.2 Å². The van der Waals surface area contributed by atoms with Crippen molar-refractivity contribution in [1.82, 2.24) is 0 Å². The average Bonchev–Trinajstić information content (AvgIpc) is 3.34. The second kappa shape index (κ2) is 7.06. The summed E-state index contributed by atoms with van der Waals surface area (Å²) >= 11 is 11.9. The lowest BCUT2D eigenvalue weighted by atomic mass is 10.1. The summed E-state index contributed by atoms with van der Waals surface area (Å²) in [5.74, 6) is -0.980. The molecule has 3 rings (SSSR count). The van der Waals surface area contributed by atoms with E-state index in [9.17, 15) is 9.59 Å². The van der Waals surface area contributed by atoms with Gasteiger partial charge in [-0.1, -0.05) is 41.4 Å². The maximum absolute atomic E-state index is 12.4. The zero-order valence-electron chi connectivity index (χ0n) is 13.9. The van der Waals surface area contributed by atoms with E-state index in [0.717, 1.165) is 16.8 Å². The average molecular weight is 377 g/mol. The van der Waals surface area contributed by atoms with E-state index in [-0.39, 0.29) is 23.7 Å². The van der Waals surface area contributed by atoms with E-state index in [1.54, 1.807) is 18.2 Å². The van der Waals surface area contributed by atoms with Crippen molar-refractivity contribution in [3.05, 3.63) is 57.6 Å². The molecule has 1 fully saturated rings. The first-order valence-corrected chi connectivity index (χ1v) is 8.75. The molecule has 25 heavy (non-hydrogen) atoms. The summed E-state index contributed by atoms with van der Waals surface area (Å²) in [6.45, 7) is 3.89. The van der Waals surface area contributed by atoms with Crippen molar-refractivity contribution in [3.8, 4) is 0 Å². The van der Waals surface area contributed by atoms with Crippen LogP contribution in [0.4, 0.5) is 11.4 Å². The van der Waals surface area contributed by atoms with Crippen LogP contribution in [0.15, 0.2) is 36.4 Å². The van der Waals surface area contributed by atoms with Gasteiger partial charge in [-0.15, -0.1) is 0 Å². The lowest BCUT2D eigenvalue weighted by Crippen LogP contribution is -2.21. The van der Waals surface area contributed by atoms with Crippen LogP contribution in [-0.4, -0.2) is 11.8 Å².